The fraction of sp³-hybridized carbons (Fsp3) is 0.250. The van der Waals surface area contributed by atoms with E-state index < -0.39 is 0 Å². The lowest BCUT2D eigenvalue weighted by Gasteiger charge is -2.27. The summed E-state index contributed by atoms with van der Waals surface area (Å²) in [5.74, 6) is 0.627. The van der Waals surface area contributed by atoms with Crippen LogP contribution in [0.5, 0.6) is 0 Å². The van der Waals surface area contributed by atoms with Crippen molar-refractivity contribution >= 4 is 45.8 Å². The van der Waals surface area contributed by atoms with Crippen LogP contribution in [-0.2, 0) is 16.1 Å². The quantitative estimate of drug-likeness (QED) is 0.354. The molecule has 6 nitrogen and oxygen atoms in total. The molecular formula is C28H27ClN4O2. The number of aromatic nitrogens is 2. The van der Waals surface area contributed by atoms with Crippen molar-refractivity contribution in [1.29, 1.82) is 0 Å². The van der Waals surface area contributed by atoms with Gasteiger partial charge in [0.1, 0.15) is 12.4 Å². The molecule has 4 aromatic rings. The number of para-hydroxylation sites is 3. The van der Waals surface area contributed by atoms with E-state index in [2.05, 4.69) is 0 Å². The van der Waals surface area contributed by atoms with Gasteiger partial charge in [0.15, 0.2) is 0 Å². The van der Waals surface area contributed by atoms with Gasteiger partial charge in [0.05, 0.1) is 11.0 Å². The summed E-state index contributed by atoms with van der Waals surface area (Å²) in [6.07, 6.45) is 0.330. The molecule has 3 aromatic carbocycles. The minimum atomic E-state index is -0.133. The van der Waals surface area contributed by atoms with Gasteiger partial charge in [-0.2, -0.15) is 0 Å². The van der Waals surface area contributed by atoms with E-state index in [4.69, 9.17) is 16.6 Å². The molecular weight excluding hydrogens is 460 g/mol. The van der Waals surface area contributed by atoms with Crippen LogP contribution < -0.4 is 9.80 Å². The molecule has 1 saturated heterocycles. The number of anilines is 2. The van der Waals surface area contributed by atoms with Gasteiger partial charge in [0.25, 0.3) is 0 Å². The van der Waals surface area contributed by atoms with E-state index in [1.807, 2.05) is 90.0 Å². The summed E-state index contributed by atoms with van der Waals surface area (Å²) < 4.78 is 1.98. The highest BCUT2D eigenvalue weighted by Crippen LogP contribution is 2.34. The van der Waals surface area contributed by atoms with Gasteiger partial charge in [-0.05, 0) is 56.3 Å². The molecule has 0 saturated carbocycles. The maximum Gasteiger partial charge on any atom is 0.247 e. The lowest BCUT2D eigenvalue weighted by atomic mass is 10.1. The molecule has 0 spiro atoms. The Kier molecular flexibility index (Phi) is 6.31. The van der Waals surface area contributed by atoms with Crippen molar-refractivity contribution in [2.75, 3.05) is 16.3 Å². The summed E-state index contributed by atoms with van der Waals surface area (Å²) in [7, 11) is 0. The van der Waals surface area contributed by atoms with Gasteiger partial charge in [-0.25, -0.2) is 4.98 Å². The molecule has 7 heteroatoms. The third-order valence-corrected chi connectivity index (χ3v) is 6.64. The molecule has 0 unspecified atom stereocenters. The van der Waals surface area contributed by atoms with E-state index in [0.717, 1.165) is 28.2 Å². The fourth-order valence-corrected chi connectivity index (χ4v) is 5.06. The van der Waals surface area contributed by atoms with Crippen molar-refractivity contribution < 1.29 is 9.59 Å². The normalized spacial score (nSPS) is 15.8. The molecule has 1 fully saturated rings. The molecule has 0 aliphatic carbocycles. The average molecular weight is 487 g/mol. The molecule has 1 aliphatic heterocycles. The number of rotatable bonds is 6. The van der Waals surface area contributed by atoms with E-state index >= 15 is 0 Å². The van der Waals surface area contributed by atoms with Gasteiger partial charge in [-0.1, -0.05) is 48.0 Å². The fourth-order valence-electron chi connectivity index (χ4n) is 4.88. The maximum absolute atomic E-state index is 13.6. The molecule has 2 amide bonds. The van der Waals surface area contributed by atoms with Gasteiger partial charge in [0.2, 0.25) is 11.8 Å². The summed E-state index contributed by atoms with van der Waals surface area (Å²) in [6, 6.07) is 24.8. The summed E-state index contributed by atoms with van der Waals surface area (Å²) >= 11 is 6.17. The van der Waals surface area contributed by atoms with Crippen molar-refractivity contribution in [2.24, 2.45) is 0 Å². The first-order valence-electron chi connectivity index (χ1n) is 11.8. The van der Waals surface area contributed by atoms with Crippen molar-refractivity contribution in [3.05, 3.63) is 89.7 Å². The molecule has 2 heterocycles. The molecule has 35 heavy (non-hydrogen) atoms. The van der Waals surface area contributed by atoms with Crippen LogP contribution in [0.4, 0.5) is 11.4 Å². The van der Waals surface area contributed by atoms with Crippen LogP contribution in [0, 0.1) is 0 Å². The van der Waals surface area contributed by atoms with Crippen LogP contribution in [0.15, 0.2) is 78.9 Å². The third-order valence-electron chi connectivity index (χ3n) is 6.41. The highest BCUT2D eigenvalue weighted by molar-refractivity contribution is 6.30. The van der Waals surface area contributed by atoms with Crippen LogP contribution in [0.3, 0.4) is 0 Å². The summed E-state index contributed by atoms with van der Waals surface area (Å²) in [6.45, 7) is 4.65. The number of imidazole rings is 1. The number of hydrogen-bond acceptors (Lipinski definition) is 3. The smallest absolute Gasteiger partial charge is 0.247 e. The van der Waals surface area contributed by atoms with E-state index in [1.165, 1.54) is 0 Å². The Labute approximate surface area is 209 Å². The lowest BCUT2D eigenvalue weighted by Crippen LogP contribution is -2.39. The van der Waals surface area contributed by atoms with E-state index in [0.29, 0.717) is 18.0 Å². The van der Waals surface area contributed by atoms with Crippen LogP contribution in [0.25, 0.3) is 11.0 Å². The van der Waals surface area contributed by atoms with Gasteiger partial charge < -0.3 is 14.4 Å². The minimum absolute atomic E-state index is 0.00508. The van der Waals surface area contributed by atoms with Gasteiger partial charge >= 0.3 is 0 Å². The molecule has 5 rings (SSSR count). The Bertz CT molecular complexity index is 1380. The van der Waals surface area contributed by atoms with E-state index in [9.17, 15) is 9.59 Å². The zero-order chi connectivity index (χ0) is 24.5. The number of halogens is 1. The Balaban J connectivity index is 1.50. The number of fused-ring (bicyclic) bond motifs is 1. The zero-order valence-electron chi connectivity index (χ0n) is 19.8. The Morgan fingerprint density at radius 2 is 1.80 bits per heavy atom. The highest BCUT2D eigenvalue weighted by Gasteiger charge is 2.35. The van der Waals surface area contributed by atoms with Crippen molar-refractivity contribution in [3.8, 4) is 0 Å². The number of hydrogen-bond donors (Lipinski definition) is 0. The number of benzene rings is 3. The van der Waals surface area contributed by atoms with E-state index in [-0.39, 0.29) is 30.3 Å². The van der Waals surface area contributed by atoms with Gasteiger partial charge in [-0.15, -0.1) is 0 Å². The van der Waals surface area contributed by atoms with E-state index in [1.54, 1.807) is 17.0 Å². The zero-order valence-corrected chi connectivity index (χ0v) is 20.5. The molecule has 0 radical (unpaired) electrons. The number of amides is 2. The van der Waals surface area contributed by atoms with Crippen molar-refractivity contribution in [2.45, 2.75) is 38.8 Å². The maximum atomic E-state index is 13.6. The summed E-state index contributed by atoms with van der Waals surface area (Å²) in [5, 5.41) is 0.589. The van der Waals surface area contributed by atoms with Crippen molar-refractivity contribution in [3.63, 3.8) is 0 Å². The Morgan fingerprint density at radius 1 is 1.06 bits per heavy atom. The molecule has 0 bridgehead atoms. The first kappa shape index (κ1) is 23.1. The molecule has 1 aromatic heterocycles. The minimum Gasteiger partial charge on any atom is -0.318 e. The monoisotopic (exact) mass is 486 g/mol. The molecule has 1 atom stereocenters. The molecule has 0 N–H and O–H groups in total. The van der Waals surface area contributed by atoms with Crippen LogP contribution in [-0.4, -0.2) is 34.0 Å². The Hall–Kier alpha value is -3.64. The molecule has 178 valence electrons. The second-order valence-corrected chi connectivity index (χ2v) is 9.56. The van der Waals surface area contributed by atoms with Gasteiger partial charge in [-0.3, -0.25) is 9.59 Å². The van der Waals surface area contributed by atoms with Crippen molar-refractivity contribution in [1.82, 2.24) is 9.55 Å². The summed E-state index contributed by atoms with van der Waals surface area (Å²) in [4.78, 5) is 35.1. The average Bonchev–Trinajstić information content (AvgIpc) is 3.40. The second-order valence-electron chi connectivity index (χ2n) is 9.12. The van der Waals surface area contributed by atoms with Crippen LogP contribution >= 0.6 is 11.6 Å². The predicted octanol–water partition coefficient (Wildman–Crippen LogP) is 5.65. The second kappa shape index (κ2) is 9.55. The highest BCUT2D eigenvalue weighted by atomic mass is 35.5. The predicted molar refractivity (Wildman–Crippen MR) is 140 cm³/mol. The summed E-state index contributed by atoms with van der Waals surface area (Å²) in [5.41, 5.74) is 3.35. The standard InChI is InChI=1S/C28H27ClN4O2/c1-19(2)33(22-10-4-3-5-11-22)27(35)18-32-25-14-7-6-13-24(25)30-28(32)20-15-26(34)31(17-20)23-12-8-9-21(29)16-23/h3-14,16,19-20H,15,17-18H2,1-2H3/t20-/m1/s1. The Morgan fingerprint density at radius 3 is 2.54 bits per heavy atom. The first-order chi connectivity index (χ1) is 16.9. The van der Waals surface area contributed by atoms with Gasteiger partial charge in [0, 0.05) is 41.3 Å². The number of carbonyl (C=O) groups excluding carboxylic acids is 2. The first-order valence-corrected chi connectivity index (χ1v) is 12.2. The lowest BCUT2D eigenvalue weighted by molar-refractivity contribution is -0.119. The van der Waals surface area contributed by atoms with Crippen LogP contribution in [0.2, 0.25) is 5.02 Å². The molecule has 1 aliphatic rings. The third kappa shape index (κ3) is 4.54. The topological polar surface area (TPSA) is 58.4 Å². The number of carbonyl (C=O) groups is 2. The largest absolute Gasteiger partial charge is 0.318 e. The SMILES string of the molecule is CC(C)N(C(=O)Cn1c([C@@H]2CC(=O)N(c3cccc(Cl)c3)C2)nc2ccccc21)c1ccccc1. The van der Waals surface area contributed by atoms with Crippen LogP contribution in [0.1, 0.15) is 32.0 Å². The number of nitrogens with zero attached hydrogens (tertiary/aromatic N) is 4.